The Labute approximate surface area is 163 Å². The first kappa shape index (κ1) is 18.0. The highest BCUT2D eigenvalue weighted by atomic mass is 14.7. The zero-order valence-corrected chi connectivity index (χ0v) is 17.3. The third-order valence-corrected chi connectivity index (χ3v) is 6.62. The van der Waals surface area contributed by atoms with Gasteiger partial charge in [-0.15, -0.1) is 0 Å². The van der Waals surface area contributed by atoms with Gasteiger partial charge in [-0.2, -0.15) is 0 Å². The number of hydrogen-bond donors (Lipinski definition) is 0. The van der Waals surface area contributed by atoms with Crippen molar-refractivity contribution in [2.75, 3.05) is 0 Å². The fourth-order valence-electron chi connectivity index (χ4n) is 5.20. The van der Waals surface area contributed by atoms with E-state index in [1.54, 1.807) is 11.1 Å². The number of benzene rings is 1. The van der Waals surface area contributed by atoms with E-state index in [4.69, 9.17) is 0 Å². The summed E-state index contributed by atoms with van der Waals surface area (Å²) in [7, 11) is 0. The molecule has 0 aliphatic heterocycles. The third-order valence-electron chi connectivity index (χ3n) is 6.62. The first-order chi connectivity index (χ1) is 12.9. The van der Waals surface area contributed by atoms with Gasteiger partial charge in [0.25, 0.3) is 0 Å². The number of nitrogens with zero attached hydrogens (tertiary/aromatic N) is 1. The fraction of sp³-hybridized carbons (Fsp3) is 0.346. The highest BCUT2D eigenvalue weighted by Crippen LogP contribution is 2.53. The molecule has 2 atom stereocenters. The number of rotatable bonds is 3. The lowest BCUT2D eigenvalue weighted by molar-refractivity contribution is 0.555. The van der Waals surface area contributed by atoms with Crippen LogP contribution in [0.15, 0.2) is 70.5 Å². The smallest absolute Gasteiger partial charge is 0.0708 e. The topological polar surface area (TPSA) is 12.9 Å². The average Bonchev–Trinajstić information content (AvgIpc) is 3.10. The molecule has 138 valence electrons. The van der Waals surface area contributed by atoms with Gasteiger partial charge >= 0.3 is 0 Å². The van der Waals surface area contributed by atoms with Gasteiger partial charge in [0.1, 0.15) is 0 Å². The summed E-state index contributed by atoms with van der Waals surface area (Å²) in [6, 6.07) is 12.9. The molecule has 0 N–H and O–H groups in total. The summed E-state index contributed by atoms with van der Waals surface area (Å²) in [6.45, 7) is 13.9. The van der Waals surface area contributed by atoms with Crippen LogP contribution in [-0.4, -0.2) is 4.98 Å². The van der Waals surface area contributed by atoms with Crippen molar-refractivity contribution in [3.63, 3.8) is 0 Å². The molecule has 0 saturated carbocycles. The van der Waals surface area contributed by atoms with Gasteiger partial charge < -0.3 is 0 Å². The van der Waals surface area contributed by atoms with E-state index >= 15 is 0 Å². The summed E-state index contributed by atoms with van der Waals surface area (Å²) in [5.41, 5.74) is 12.8. The van der Waals surface area contributed by atoms with Gasteiger partial charge in [-0.3, -0.25) is 4.98 Å². The first-order valence-corrected chi connectivity index (χ1v) is 10.0. The number of fused-ring (bicyclic) bond motifs is 1. The molecule has 2 aliphatic carbocycles. The molecule has 0 amide bonds. The van der Waals surface area contributed by atoms with Crippen LogP contribution < -0.4 is 0 Å². The van der Waals surface area contributed by atoms with E-state index < -0.39 is 0 Å². The van der Waals surface area contributed by atoms with Crippen LogP contribution in [0.5, 0.6) is 0 Å². The van der Waals surface area contributed by atoms with Crippen molar-refractivity contribution in [3.05, 3.63) is 81.6 Å². The van der Waals surface area contributed by atoms with Crippen LogP contribution in [0.2, 0.25) is 0 Å². The second-order valence-electron chi connectivity index (χ2n) is 8.41. The van der Waals surface area contributed by atoms with E-state index in [1.807, 2.05) is 12.3 Å². The summed E-state index contributed by atoms with van der Waals surface area (Å²) >= 11 is 0. The van der Waals surface area contributed by atoms with E-state index in [-0.39, 0.29) is 0 Å². The number of hydrogen-bond acceptors (Lipinski definition) is 1. The molecule has 2 aromatic rings. The van der Waals surface area contributed by atoms with Crippen LogP contribution in [0.25, 0.3) is 17.3 Å². The summed E-state index contributed by atoms with van der Waals surface area (Å²) in [5, 5.41) is 0. The standard InChI is InChI=1S/C26H29N/c1-15(2)24-18(5)17(4)19(6)26(24)25-16(3)14-22-20(10-9-11-21(22)25)23-12-7-8-13-27-23/h7-15,25-26H,1-6H3. The van der Waals surface area contributed by atoms with Crippen LogP contribution in [-0.2, 0) is 0 Å². The van der Waals surface area contributed by atoms with Gasteiger partial charge in [0.15, 0.2) is 0 Å². The minimum Gasteiger partial charge on any atom is -0.256 e. The van der Waals surface area contributed by atoms with Crippen molar-refractivity contribution < 1.29 is 0 Å². The minimum atomic E-state index is 0.438. The second kappa shape index (κ2) is 6.64. The van der Waals surface area contributed by atoms with Crippen molar-refractivity contribution in [2.45, 2.75) is 47.5 Å². The van der Waals surface area contributed by atoms with Gasteiger partial charge in [0.2, 0.25) is 0 Å². The fourth-order valence-corrected chi connectivity index (χ4v) is 5.20. The molecule has 0 fully saturated rings. The Kier molecular flexibility index (Phi) is 4.42. The molecule has 1 nitrogen and oxygen atoms in total. The molecule has 27 heavy (non-hydrogen) atoms. The van der Waals surface area contributed by atoms with Crippen molar-refractivity contribution in [3.8, 4) is 11.3 Å². The van der Waals surface area contributed by atoms with Crippen LogP contribution in [0.3, 0.4) is 0 Å². The molecule has 1 aromatic heterocycles. The molecule has 4 rings (SSSR count). The van der Waals surface area contributed by atoms with E-state index in [1.165, 1.54) is 33.4 Å². The predicted octanol–water partition coefficient (Wildman–Crippen LogP) is 7.19. The lowest BCUT2D eigenvalue weighted by Gasteiger charge is -2.29. The maximum atomic E-state index is 4.61. The SMILES string of the molecule is CC1=Cc2c(-c3ccccn3)cccc2C1C1C(C)=C(C)C(C)=C1C(C)C. The van der Waals surface area contributed by atoms with Crippen LogP contribution in [0.1, 0.15) is 58.6 Å². The van der Waals surface area contributed by atoms with Gasteiger partial charge in [0, 0.05) is 23.6 Å². The van der Waals surface area contributed by atoms with Crippen molar-refractivity contribution >= 4 is 6.08 Å². The highest BCUT2D eigenvalue weighted by Gasteiger charge is 2.39. The Bertz CT molecular complexity index is 986. The average molecular weight is 356 g/mol. The lowest BCUT2D eigenvalue weighted by atomic mass is 9.74. The maximum Gasteiger partial charge on any atom is 0.0708 e. The summed E-state index contributed by atoms with van der Waals surface area (Å²) in [5.74, 6) is 1.49. The zero-order chi connectivity index (χ0) is 19.3. The van der Waals surface area contributed by atoms with Crippen LogP contribution in [0.4, 0.5) is 0 Å². The Morgan fingerprint density at radius 2 is 1.63 bits per heavy atom. The maximum absolute atomic E-state index is 4.61. The summed E-state index contributed by atoms with van der Waals surface area (Å²) in [6.07, 6.45) is 4.28. The van der Waals surface area contributed by atoms with E-state index in [2.05, 4.69) is 82.9 Å². The molecule has 0 spiro atoms. The van der Waals surface area contributed by atoms with Crippen molar-refractivity contribution in [1.29, 1.82) is 0 Å². The first-order valence-electron chi connectivity index (χ1n) is 10.0. The molecule has 0 radical (unpaired) electrons. The molecular formula is C26H29N. The molecule has 0 saturated heterocycles. The Hall–Kier alpha value is -2.41. The quantitative estimate of drug-likeness (QED) is 0.568. The number of pyridine rings is 1. The molecule has 2 unspecified atom stereocenters. The number of allylic oxidation sites excluding steroid dienone is 5. The molecule has 0 bridgehead atoms. The molecule has 2 aliphatic rings. The summed E-state index contributed by atoms with van der Waals surface area (Å²) < 4.78 is 0. The second-order valence-corrected chi connectivity index (χ2v) is 8.41. The normalized spacial score (nSPS) is 22.0. The Balaban J connectivity index is 1.87. The number of aromatic nitrogens is 1. The summed E-state index contributed by atoms with van der Waals surface area (Å²) in [4.78, 5) is 4.61. The van der Waals surface area contributed by atoms with Crippen LogP contribution in [0, 0.1) is 11.8 Å². The lowest BCUT2D eigenvalue weighted by Crippen LogP contribution is -2.17. The molecular weight excluding hydrogens is 326 g/mol. The van der Waals surface area contributed by atoms with Gasteiger partial charge in [-0.1, -0.05) is 60.9 Å². The monoisotopic (exact) mass is 355 g/mol. The molecule has 1 heterocycles. The van der Waals surface area contributed by atoms with E-state index in [9.17, 15) is 0 Å². The van der Waals surface area contributed by atoms with Crippen molar-refractivity contribution in [1.82, 2.24) is 4.98 Å². The molecule has 1 aromatic carbocycles. The van der Waals surface area contributed by atoms with E-state index in [0.29, 0.717) is 17.8 Å². The van der Waals surface area contributed by atoms with Gasteiger partial charge in [0.05, 0.1) is 5.69 Å². The van der Waals surface area contributed by atoms with Gasteiger partial charge in [-0.25, -0.2) is 0 Å². The Morgan fingerprint density at radius 3 is 2.30 bits per heavy atom. The zero-order valence-electron chi connectivity index (χ0n) is 17.3. The minimum absolute atomic E-state index is 0.438. The molecule has 1 heteroatoms. The third kappa shape index (κ3) is 2.72. The van der Waals surface area contributed by atoms with Gasteiger partial charge in [-0.05, 0) is 68.0 Å². The Morgan fingerprint density at radius 1 is 0.852 bits per heavy atom. The highest BCUT2D eigenvalue weighted by molar-refractivity contribution is 5.81. The van der Waals surface area contributed by atoms with Crippen LogP contribution >= 0.6 is 0 Å². The van der Waals surface area contributed by atoms with E-state index in [0.717, 1.165) is 5.69 Å². The predicted molar refractivity (Wildman–Crippen MR) is 115 cm³/mol. The van der Waals surface area contributed by atoms with Crippen molar-refractivity contribution in [2.24, 2.45) is 11.8 Å². The largest absolute Gasteiger partial charge is 0.256 e.